The van der Waals surface area contributed by atoms with Crippen molar-refractivity contribution in [3.8, 4) is 0 Å². The zero-order valence-electron chi connectivity index (χ0n) is 13.2. The lowest BCUT2D eigenvalue weighted by Crippen LogP contribution is -2.30. The molecule has 0 aliphatic rings. The van der Waals surface area contributed by atoms with E-state index in [1.807, 2.05) is 0 Å². The van der Waals surface area contributed by atoms with Crippen LogP contribution in [0.2, 0.25) is 0 Å². The maximum atomic E-state index is 9.26. The molecule has 2 N–H and O–H groups in total. The van der Waals surface area contributed by atoms with Gasteiger partial charge in [0.25, 0.3) is 0 Å². The van der Waals surface area contributed by atoms with Gasteiger partial charge < -0.3 is 15.3 Å². The summed E-state index contributed by atoms with van der Waals surface area (Å²) in [5, 5.41) is 12.6. The monoisotopic (exact) mass is 280 g/mol. The molecule has 0 atom stereocenters. The van der Waals surface area contributed by atoms with Crippen molar-refractivity contribution < 1.29 is 5.11 Å². The third-order valence-corrected chi connectivity index (χ3v) is 3.15. The van der Waals surface area contributed by atoms with E-state index in [9.17, 15) is 5.11 Å². The molecule has 1 aromatic heterocycles. The Balaban J connectivity index is 3.15. The molecule has 20 heavy (non-hydrogen) atoms. The first-order valence-corrected chi connectivity index (χ1v) is 7.60. The Hall–Kier alpha value is -1.36. The molecule has 0 unspecified atom stereocenters. The van der Waals surface area contributed by atoms with Gasteiger partial charge in [-0.1, -0.05) is 27.7 Å². The van der Waals surface area contributed by atoms with Crippen molar-refractivity contribution in [3.63, 3.8) is 0 Å². The molecule has 0 spiro atoms. The van der Waals surface area contributed by atoms with Gasteiger partial charge in [0, 0.05) is 25.2 Å². The minimum absolute atomic E-state index is 0.138. The van der Waals surface area contributed by atoms with Gasteiger partial charge in [-0.15, -0.1) is 0 Å². The van der Waals surface area contributed by atoms with Crippen LogP contribution in [-0.4, -0.2) is 41.3 Å². The highest BCUT2D eigenvalue weighted by Gasteiger charge is 2.19. The van der Waals surface area contributed by atoms with E-state index in [0.29, 0.717) is 12.5 Å². The molecule has 0 aliphatic heterocycles. The number of hydrogen-bond acceptors (Lipinski definition) is 5. The zero-order chi connectivity index (χ0) is 15.0. The fourth-order valence-electron chi connectivity index (χ4n) is 2.27. The summed E-state index contributed by atoms with van der Waals surface area (Å²) in [6, 6.07) is 0. The summed E-state index contributed by atoms with van der Waals surface area (Å²) in [6.07, 6.45) is 3.70. The lowest BCUT2D eigenvalue weighted by molar-refractivity contribution is 0.301. The third-order valence-electron chi connectivity index (χ3n) is 3.15. The zero-order valence-corrected chi connectivity index (χ0v) is 13.2. The van der Waals surface area contributed by atoms with Gasteiger partial charge in [0.2, 0.25) is 0 Å². The van der Waals surface area contributed by atoms with Crippen LogP contribution in [0.1, 0.15) is 52.0 Å². The second kappa shape index (κ2) is 8.74. The summed E-state index contributed by atoms with van der Waals surface area (Å²) >= 11 is 0. The first-order chi connectivity index (χ1) is 9.65. The summed E-state index contributed by atoms with van der Waals surface area (Å²) in [5.41, 5.74) is 1.14. The number of aliphatic hydroxyl groups excluding tert-OH is 1. The van der Waals surface area contributed by atoms with E-state index in [0.717, 1.165) is 43.1 Å². The maximum Gasteiger partial charge on any atom is 0.137 e. The standard InChI is InChI=1S/C15H28N4O/c1-5-7-16-14-13(12(3)4)15(18-11-17-14)19(8-6-2)9-10-20/h11-12,20H,5-10H2,1-4H3,(H,16,17,18). The molecule has 5 nitrogen and oxygen atoms in total. The van der Waals surface area contributed by atoms with E-state index < -0.39 is 0 Å². The van der Waals surface area contributed by atoms with Crippen LogP contribution in [0.5, 0.6) is 0 Å². The number of aliphatic hydroxyl groups is 1. The predicted octanol–water partition coefficient (Wildman–Crippen LogP) is 2.63. The Labute approximate surface area is 122 Å². The van der Waals surface area contributed by atoms with Gasteiger partial charge in [-0.25, -0.2) is 9.97 Å². The van der Waals surface area contributed by atoms with Gasteiger partial charge in [0.1, 0.15) is 18.0 Å². The highest BCUT2D eigenvalue weighted by molar-refractivity contribution is 5.60. The van der Waals surface area contributed by atoms with Crippen molar-refractivity contribution in [2.45, 2.75) is 46.5 Å². The molecule has 0 bridgehead atoms. The molecule has 0 radical (unpaired) electrons. The average Bonchev–Trinajstić information content (AvgIpc) is 2.44. The first-order valence-electron chi connectivity index (χ1n) is 7.60. The van der Waals surface area contributed by atoms with Crippen LogP contribution in [0.15, 0.2) is 6.33 Å². The molecule has 1 rings (SSSR count). The molecule has 0 amide bonds. The van der Waals surface area contributed by atoms with Gasteiger partial charge >= 0.3 is 0 Å². The Kier molecular flexibility index (Phi) is 7.30. The summed E-state index contributed by atoms with van der Waals surface area (Å²) in [5.74, 6) is 2.21. The highest BCUT2D eigenvalue weighted by atomic mass is 16.3. The van der Waals surface area contributed by atoms with E-state index in [1.165, 1.54) is 0 Å². The molecule has 0 saturated heterocycles. The first kappa shape index (κ1) is 16.7. The topological polar surface area (TPSA) is 61.3 Å². The smallest absolute Gasteiger partial charge is 0.137 e. The number of aromatic nitrogens is 2. The third kappa shape index (κ3) is 4.34. The van der Waals surface area contributed by atoms with E-state index in [2.05, 4.69) is 47.9 Å². The quantitative estimate of drug-likeness (QED) is 0.728. The van der Waals surface area contributed by atoms with Crippen LogP contribution in [0.25, 0.3) is 0 Å². The molecule has 0 saturated carbocycles. The fraction of sp³-hybridized carbons (Fsp3) is 0.733. The Bertz CT molecular complexity index is 389. The second-order valence-electron chi connectivity index (χ2n) is 5.25. The van der Waals surface area contributed by atoms with E-state index in [1.54, 1.807) is 6.33 Å². The van der Waals surface area contributed by atoms with Crippen LogP contribution < -0.4 is 10.2 Å². The molecule has 5 heteroatoms. The molecule has 0 aliphatic carbocycles. The molecular weight excluding hydrogens is 252 g/mol. The molecule has 0 fully saturated rings. The minimum atomic E-state index is 0.138. The van der Waals surface area contributed by atoms with E-state index >= 15 is 0 Å². The SMILES string of the molecule is CCCNc1ncnc(N(CCC)CCO)c1C(C)C. The van der Waals surface area contributed by atoms with E-state index in [-0.39, 0.29) is 6.61 Å². The lowest BCUT2D eigenvalue weighted by Gasteiger charge is -2.27. The minimum Gasteiger partial charge on any atom is -0.395 e. The van der Waals surface area contributed by atoms with E-state index in [4.69, 9.17) is 0 Å². The molecule has 1 heterocycles. The van der Waals surface area contributed by atoms with Crippen molar-refractivity contribution in [1.82, 2.24) is 9.97 Å². The molecule has 0 aromatic carbocycles. The van der Waals surface area contributed by atoms with Crippen LogP contribution in [0.4, 0.5) is 11.6 Å². The van der Waals surface area contributed by atoms with Crippen LogP contribution >= 0.6 is 0 Å². The van der Waals surface area contributed by atoms with Crippen molar-refractivity contribution in [1.29, 1.82) is 0 Å². The largest absolute Gasteiger partial charge is 0.395 e. The van der Waals surface area contributed by atoms with Crippen molar-refractivity contribution in [3.05, 3.63) is 11.9 Å². The normalized spacial score (nSPS) is 10.9. The molecular formula is C15H28N4O. The lowest BCUT2D eigenvalue weighted by atomic mass is 10.0. The van der Waals surface area contributed by atoms with Gasteiger partial charge in [0.15, 0.2) is 0 Å². The van der Waals surface area contributed by atoms with Crippen LogP contribution in [-0.2, 0) is 0 Å². The second-order valence-corrected chi connectivity index (χ2v) is 5.25. The Morgan fingerprint density at radius 3 is 2.50 bits per heavy atom. The highest BCUT2D eigenvalue weighted by Crippen LogP contribution is 2.30. The van der Waals surface area contributed by atoms with Crippen molar-refractivity contribution in [2.24, 2.45) is 0 Å². The van der Waals surface area contributed by atoms with Crippen molar-refractivity contribution >= 4 is 11.6 Å². The van der Waals surface area contributed by atoms with Gasteiger partial charge in [0.05, 0.1) is 6.61 Å². The summed E-state index contributed by atoms with van der Waals surface area (Å²) in [6.45, 7) is 11.1. The number of nitrogens with zero attached hydrogens (tertiary/aromatic N) is 3. The summed E-state index contributed by atoms with van der Waals surface area (Å²) < 4.78 is 0. The Morgan fingerprint density at radius 2 is 1.95 bits per heavy atom. The number of nitrogens with one attached hydrogen (secondary N) is 1. The summed E-state index contributed by atoms with van der Waals surface area (Å²) in [7, 11) is 0. The average molecular weight is 280 g/mol. The number of hydrogen-bond donors (Lipinski definition) is 2. The van der Waals surface area contributed by atoms with Gasteiger partial charge in [-0.3, -0.25) is 0 Å². The number of anilines is 2. The summed E-state index contributed by atoms with van der Waals surface area (Å²) in [4.78, 5) is 11.0. The number of rotatable bonds is 9. The Morgan fingerprint density at radius 1 is 1.20 bits per heavy atom. The van der Waals surface area contributed by atoms with Crippen molar-refractivity contribution in [2.75, 3.05) is 36.5 Å². The predicted molar refractivity (Wildman–Crippen MR) is 84.5 cm³/mol. The van der Waals surface area contributed by atoms with Gasteiger partial charge in [-0.05, 0) is 18.8 Å². The molecule has 1 aromatic rings. The molecule has 114 valence electrons. The van der Waals surface area contributed by atoms with Gasteiger partial charge in [-0.2, -0.15) is 0 Å². The van der Waals surface area contributed by atoms with Crippen LogP contribution in [0, 0.1) is 0 Å². The van der Waals surface area contributed by atoms with Crippen LogP contribution in [0.3, 0.4) is 0 Å². The fourth-order valence-corrected chi connectivity index (χ4v) is 2.27. The maximum absolute atomic E-state index is 9.26.